The average Bonchev–Trinajstić information content (AvgIpc) is 2.60. The van der Waals surface area contributed by atoms with Gasteiger partial charge in [0.15, 0.2) is 0 Å². The molecule has 2 heterocycles. The number of fused-ring (bicyclic) bond motifs is 1. The molecular weight excluding hydrogens is 374 g/mol. The van der Waals surface area contributed by atoms with E-state index in [9.17, 15) is 13.1 Å². The van der Waals surface area contributed by atoms with Crippen molar-refractivity contribution in [3.63, 3.8) is 0 Å². The van der Waals surface area contributed by atoms with Crippen molar-refractivity contribution in [3.05, 3.63) is 41.3 Å². The first kappa shape index (κ1) is 19.4. The summed E-state index contributed by atoms with van der Waals surface area (Å²) in [7, 11) is 0. The molecule has 5 nitrogen and oxygen atoms in total. The molecule has 144 valence electrons. The molecule has 2 N–H and O–H groups in total. The van der Waals surface area contributed by atoms with Crippen LogP contribution < -0.4 is 15.2 Å². The highest BCUT2D eigenvalue weighted by atomic mass is 32.2. The van der Waals surface area contributed by atoms with Gasteiger partial charge in [-0.1, -0.05) is 0 Å². The fourth-order valence-corrected chi connectivity index (χ4v) is 3.12. The molecule has 0 aliphatic carbocycles. The van der Waals surface area contributed by atoms with Gasteiger partial charge in [0, 0.05) is 29.3 Å². The minimum absolute atomic E-state index is 0.0150. The number of hydrogen-bond acceptors (Lipinski definition) is 5. The van der Waals surface area contributed by atoms with Crippen molar-refractivity contribution >= 4 is 18.1 Å². The quantitative estimate of drug-likeness (QED) is 0.747. The van der Waals surface area contributed by atoms with Gasteiger partial charge in [-0.3, -0.25) is 4.79 Å². The number of carbonyl (C=O) groups is 1. The Labute approximate surface area is 160 Å². The van der Waals surface area contributed by atoms with E-state index in [1.54, 1.807) is 12.1 Å². The van der Waals surface area contributed by atoms with Crippen LogP contribution in [0.5, 0.6) is 11.6 Å². The summed E-state index contributed by atoms with van der Waals surface area (Å²) in [4.78, 5) is 15.9. The number of pyridine rings is 1. The maximum atomic E-state index is 14.8. The van der Waals surface area contributed by atoms with Crippen LogP contribution in [0, 0.1) is 5.82 Å². The zero-order valence-electron chi connectivity index (χ0n) is 15.1. The van der Waals surface area contributed by atoms with Crippen LogP contribution in [0.1, 0.15) is 36.3 Å². The highest BCUT2D eigenvalue weighted by Gasteiger charge is 2.31. The van der Waals surface area contributed by atoms with E-state index in [1.165, 1.54) is 12.1 Å². The molecule has 8 heteroatoms. The zero-order valence-corrected chi connectivity index (χ0v) is 15.9. The summed E-state index contributed by atoms with van der Waals surface area (Å²) in [5.74, 6) is -0.460. The smallest absolute Gasteiger partial charge is 0.267 e. The number of aromatic nitrogens is 1. The van der Waals surface area contributed by atoms with E-state index in [2.05, 4.69) is 4.98 Å². The summed E-state index contributed by atoms with van der Waals surface area (Å²) in [6, 6.07) is 5.89. The molecule has 1 amide bonds. The van der Waals surface area contributed by atoms with Crippen LogP contribution in [0.3, 0.4) is 0 Å². The molecule has 1 aliphatic heterocycles. The number of benzene rings is 1. The predicted molar refractivity (Wildman–Crippen MR) is 100 cm³/mol. The Bertz CT molecular complexity index is 874. The molecule has 0 unspecified atom stereocenters. The number of ether oxygens (including phenoxy) is 2. The van der Waals surface area contributed by atoms with Gasteiger partial charge < -0.3 is 15.2 Å². The van der Waals surface area contributed by atoms with Crippen LogP contribution in [0.4, 0.5) is 8.28 Å². The third-order valence-corrected chi connectivity index (χ3v) is 4.67. The first-order chi connectivity index (χ1) is 12.8. The summed E-state index contributed by atoms with van der Waals surface area (Å²) < 4.78 is 38.1. The van der Waals surface area contributed by atoms with Gasteiger partial charge in [-0.25, -0.2) is 9.37 Å². The average molecular weight is 394 g/mol. The third kappa shape index (κ3) is 4.32. The van der Waals surface area contributed by atoms with Crippen molar-refractivity contribution in [2.75, 3.05) is 12.4 Å². The summed E-state index contributed by atoms with van der Waals surface area (Å²) in [5.41, 5.74) is 6.53. The second-order valence-corrected chi connectivity index (χ2v) is 7.49. The maximum absolute atomic E-state index is 14.8. The monoisotopic (exact) mass is 394 g/mol. The number of nitrogens with two attached hydrogens (primary N) is 1. The molecule has 0 fully saturated rings. The van der Waals surface area contributed by atoms with Crippen LogP contribution in [0.25, 0.3) is 11.1 Å². The number of hydrogen-bond donors (Lipinski definition) is 1. The van der Waals surface area contributed by atoms with Crippen LogP contribution >= 0.6 is 12.1 Å². The molecule has 1 aliphatic rings. The lowest BCUT2D eigenvalue weighted by molar-refractivity contribution is 0.0774. The zero-order chi connectivity index (χ0) is 19.6. The van der Waals surface area contributed by atoms with Crippen molar-refractivity contribution in [1.29, 1.82) is 0 Å². The fourth-order valence-electron chi connectivity index (χ4n) is 2.97. The van der Waals surface area contributed by atoms with Crippen LogP contribution in [0.2, 0.25) is 0 Å². The highest BCUT2D eigenvalue weighted by Crippen LogP contribution is 2.39. The first-order valence-electron chi connectivity index (χ1n) is 8.50. The molecule has 3 rings (SSSR count). The Hall–Kier alpha value is -2.35. The Kier molecular flexibility index (Phi) is 5.55. The lowest BCUT2D eigenvalue weighted by Gasteiger charge is -2.32. The molecule has 1 aromatic carbocycles. The largest absolute Gasteiger partial charge is 0.493 e. The van der Waals surface area contributed by atoms with Crippen molar-refractivity contribution in [3.8, 4) is 22.8 Å². The minimum atomic E-state index is -0.713. The second kappa shape index (κ2) is 7.72. The Balaban J connectivity index is 2.03. The minimum Gasteiger partial charge on any atom is -0.493 e. The molecule has 2 aromatic rings. The molecule has 0 radical (unpaired) electrons. The van der Waals surface area contributed by atoms with E-state index in [-0.39, 0.29) is 30.2 Å². The van der Waals surface area contributed by atoms with Gasteiger partial charge in [-0.05, 0) is 50.5 Å². The van der Waals surface area contributed by atoms with Crippen LogP contribution in [-0.2, 0) is 6.42 Å². The van der Waals surface area contributed by atoms with Gasteiger partial charge in [0.25, 0.3) is 5.91 Å². The maximum Gasteiger partial charge on any atom is 0.267 e. The molecule has 0 spiro atoms. The number of amides is 1. The highest BCUT2D eigenvalue weighted by molar-refractivity contribution is 7.94. The van der Waals surface area contributed by atoms with Crippen LogP contribution in [-0.4, -0.2) is 28.9 Å². The molecule has 0 saturated carbocycles. The van der Waals surface area contributed by atoms with Crippen molar-refractivity contribution in [2.24, 2.45) is 5.73 Å². The van der Waals surface area contributed by atoms with E-state index < -0.39 is 17.3 Å². The Morgan fingerprint density at radius 3 is 2.81 bits per heavy atom. The number of nitrogens with zero attached hydrogens (tertiary/aromatic N) is 1. The molecule has 0 saturated heterocycles. The van der Waals surface area contributed by atoms with Gasteiger partial charge >= 0.3 is 0 Å². The van der Waals surface area contributed by atoms with Gasteiger partial charge in [-0.2, -0.15) is 3.89 Å². The molecule has 0 bridgehead atoms. The molecular formula is C19H20F2N2O3S. The summed E-state index contributed by atoms with van der Waals surface area (Å²) >= 11 is 0.161. The van der Waals surface area contributed by atoms with E-state index in [0.29, 0.717) is 29.2 Å². The normalized spacial score (nSPS) is 15.0. The SMILES string of the molecule is CC1(C)CCc2c(-c3ccc(OCCSF)cc3F)cc(C(N)=O)nc2O1. The van der Waals surface area contributed by atoms with Crippen molar-refractivity contribution < 1.29 is 22.5 Å². The van der Waals surface area contributed by atoms with Gasteiger partial charge in [-0.15, -0.1) is 0 Å². The third-order valence-electron chi connectivity index (χ3n) is 4.35. The lowest BCUT2D eigenvalue weighted by atomic mass is 9.90. The number of halogens is 2. The molecule has 0 atom stereocenters. The van der Waals surface area contributed by atoms with Crippen LogP contribution in [0.15, 0.2) is 24.3 Å². The van der Waals surface area contributed by atoms with Crippen molar-refractivity contribution in [1.82, 2.24) is 4.98 Å². The van der Waals surface area contributed by atoms with E-state index >= 15 is 0 Å². The Morgan fingerprint density at radius 2 is 2.15 bits per heavy atom. The summed E-state index contributed by atoms with van der Waals surface area (Å²) in [6.07, 6.45) is 1.36. The van der Waals surface area contributed by atoms with E-state index in [0.717, 1.165) is 12.0 Å². The standard InChI is InChI=1S/C19H20F2N2O3S/c1-19(2)6-5-13-14(10-16(17(22)24)23-18(13)26-19)12-4-3-11(9-15(12)20)25-7-8-27-21/h3-4,9-10H,5-8H2,1-2H3,(H2,22,24). The molecule has 27 heavy (non-hydrogen) atoms. The van der Waals surface area contributed by atoms with E-state index in [4.69, 9.17) is 15.2 Å². The summed E-state index contributed by atoms with van der Waals surface area (Å²) in [5, 5.41) is 0. The lowest BCUT2D eigenvalue weighted by Crippen LogP contribution is -2.34. The van der Waals surface area contributed by atoms with Gasteiger partial charge in [0.1, 0.15) is 22.9 Å². The predicted octanol–water partition coefficient (Wildman–Crippen LogP) is 4.09. The number of primary amides is 1. The fraction of sp³-hybridized carbons (Fsp3) is 0.368. The topological polar surface area (TPSA) is 74.4 Å². The van der Waals surface area contributed by atoms with E-state index in [1.807, 2.05) is 13.8 Å². The second-order valence-electron chi connectivity index (χ2n) is 6.87. The summed E-state index contributed by atoms with van der Waals surface area (Å²) in [6.45, 7) is 3.99. The van der Waals surface area contributed by atoms with Gasteiger partial charge in [0.2, 0.25) is 5.88 Å². The van der Waals surface area contributed by atoms with Crippen molar-refractivity contribution in [2.45, 2.75) is 32.3 Å². The first-order valence-corrected chi connectivity index (χ1v) is 9.38. The van der Waals surface area contributed by atoms with Gasteiger partial charge in [0.05, 0.1) is 12.4 Å². The number of rotatable bonds is 6. The molecule has 1 aromatic heterocycles. The Morgan fingerprint density at radius 1 is 1.37 bits per heavy atom. The number of carbonyl (C=O) groups excluding carboxylic acids is 1.